The minimum Gasteiger partial charge on any atom is -0.394 e. The van der Waals surface area contributed by atoms with Crippen molar-refractivity contribution < 1.29 is 24.3 Å². The number of hydrogen-bond donors (Lipinski definition) is 6. The summed E-state index contributed by atoms with van der Waals surface area (Å²) in [5.74, 6) is -2.48. The van der Waals surface area contributed by atoms with Crippen molar-refractivity contribution >= 4 is 23.6 Å². The first-order valence-electron chi connectivity index (χ1n) is 7.71. The highest BCUT2D eigenvalue weighted by Gasteiger charge is 2.26. The van der Waals surface area contributed by atoms with Crippen molar-refractivity contribution in [3.05, 3.63) is 0 Å². The fourth-order valence-corrected chi connectivity index (χ4v) is 1.86. The summed E-state index contributed by atoms with van der Waals surface area (Å²) in [5.41, 5.74) is 10.5. The van der Waals surface area contributed by atoms with Gasteiger partial charge in [0.25, 0.3) is 0 Å². The Bertz CT molecular complexity index is 457. The van der Waals surface area contributed by atoms with E-state index in [2.05, 4.69) is 16.0 Å². The summed E-state index contributed by atoms with van der Waals surface area (Å²) < 4.78 is 0. The van der Waals surface area contributed by atoms with E-state index in [0.29, 0.717) is 25.8 Å². The smallest absolute Gasteiger partial charge is 0.245 e. The topological polar surface area (TPSA) is 177 Å². The molecule has 0 unspecified atom stereocenters. The zero-order valence-electron chi connectivity index (χ0n) is 14.0. The Morgan fingerprint density at radius 2 is 1.58 bits per heavy atom. The highest BCUT2D eigenvalue weighted by Crippen LogP contribution is 2.02. The van der Waals surface area contributed by atoms with Crippen LogP contribution >= 0.6 is 0 Å². The number of carbonyl (C=O) groups excluding carboxylic acids is 4. The molecule has 3 atom stereocenters. The second-order valence-corrected chi connectivity index (χ2v) is 5.41. The Hall–Kier alpha value is -2.20. The summed E-state index contributed by atoms with van der Waals surface area (Å²) in [7, 11) is 0. The molecule has 138 valence electrons. The van der Waals surface area contributed by atoms with E-state index in [1.54, 1.807) is 0 Å². The van der Waals surface area contributed by atoms with Gasteiger partial charge in [0.05, 0.1) is 6.61 Å². The molecule has 10 nitrogen and oxygen atoms in total. The third-order valence-electron chi connectivity index (χ3n) is 3.24. The van der Waals surface area contributed by atoms with E-state index in [1.807, 2.05) is 0 Å². The SMILES string of the molecule is CC(=O)N[C@@H](CO)C(=O)N[C@H](CCCCN)C(=O)N[C@@H](C)C(N)=O. The maximum atomic E-state index is 12.2. The molecule has 0 saturated carbocycles. The Balaban J connectivity index is 4.91. The summed E-state index contributed by atoms with van der Waals surface area (Å²) in [6.07, 6.45) is 1.52. The van der Waals surface area contributed by atoms with Crippen molar-refractivity contribution in [3.8, 4) is 0 Å². The van der Waals surface area contributed by atoms with E-state index >= 15 is 0 Å². The van der Waals surface area contributed by atoms with Crippen LogP contribution in [0.3, 0.4) is 0 Å². The Kier molecular flexibility index (Phi) is 10.3. The number of carbonyl (C=O) groups is 4. The minimum absolute atomic E-state index is 0.290. The highest BCUT2D eigenvalue weighted by atomic mass is 16.3. The summed E-state index contributed by atoms with van der Waals surface area (Å²) in [6.45, 7) is 2.45. The number of aliphatic hydroxyl groups excluding tert-OH is 1. The fraction of sp³-hybridized carbons (Fsp3) is 0.714. The number of nitrogens with two attached hydrogens (primary N) is 2. The van der Waals surface area contributed by atoms with Gasteiger partial charge in [-0.3, -0.25) is 19.2 Å². The van der Waals surface area contributed by atoms with Gasteiger partial charge in [-0.1, -0.05) is 0 Å². The van der Waals surface area contributed by atoms with Crippen LogP contribution < -0.4 is 27.4 Å². The first kappa shape index (κ1) is 21.8. The Morgan fingerprint density at radius 3 is 2.04 bits per heavy atom. The third-order valence-corrected chi connectivity index (χ3v) is 3.24. The number of rotatable bonds is 11. The largest absolute Gasteiger partial charge is 0.394 e. The molecule has 4 amide bonds. The molecule has 8 N–H and O–H groups in total. The number of unbranched alkanes of at least 4 members (excludes halogenated alkanes) is 1. The first-order chi connectivity index (χ1) is 11.2. The molecule has 0 aliphatic heterocycles. The average molecular weight is 345 g/mol. The van der Waals surface area contributed by atoms with E-state index in [0.717, 1.165) is 0 Å². The van der Waals surface area contributed by atoms with Crippen LogP contribution in [0.15, 0.2) is 0 Å². The minimum atomic E-state index is -1.17. The summed E-state index contributed by atoms with van der Waals surface area (Å²) >= 11 is 0. The van der Waals surface area contributed by atoms with Crippen molar-refractivity contribution in [2.45, 2.75) is 51.2 Å². The summed E-state index contributed by atoms with van der Waals surface area (Å²) in [5, 5.41) is 16.3. The Labute approximate surface area is 140 Å². The molecule has 0 bridgehead atoms. The van der Waals surface area contributed by atoms with Crippen LogP contribution in [0.4, 0.5) is 0 Å². The molecule has 0 heterocycles. The van der Waals surface area contributed by atoms with Crippen LogP contribution in [0.2, 0.25) is 0 Å². The van der Waals surface area contributed by atoms with Crippen LogP contribution in [0.5, 0.6) is 0 Å². The molecular formula is C14H27N5O5. The predicted octanol–water partition coefficient (Wildman–Crippen LogP) is -2.91. The highest BCUT2D eigenvalue weighted by molar-refractivity contribution is 5.93. The van der Waals surface area contributed by atoms with E-state index in [4.69, 9.17) is 11.5 Å². The van der Waals surface area contributed by atoms with E-state index in [-0.39, 0.29) is 0 Å². The number of hydrogen-bond acceptors (Lipinski definition) is 6. The molecule has 0 aliphatic rings. The van der Waals surface area contributed by atoms with E-state index in [1.165, 1.54) is 13.8 Å². The quantitative estimate of drug-likeness (QED) is 0.219. The van der Waals surface area contributed by atoms with Crippen molar-refractivity contribution in [1.82, 2.24) is 16.0 Å². The molecule has 10 heteroatoms. The lowest BCUT2D eigenvalue weighted by Gasteiger charge is -2.23. The molecule has 0 spiro atoms. The normalized spacial score (nSPS) is 14.2. The van der Waals surface area contributed by atoms with E-state index < -0.39 is 48.4 Å². The van der Waals surface area contributed by atoms with Gasteiger partial charge in [-0.15, -0.1) is 0 Å². The zero-order chi connectivity index (χ0) is 18.7. The maximum Gasteiger partial charge on any atom is 0.245 e. The lowest BCUT2D eigenvalue weighted by molar-refractivity contribution is -0.133. The number of amides is 4. The second-order valence-electron chi connectivity index (χ2n) is 5.41. The molecule has 0 aromatic heterocycles. The number of nitrogens with one attached hydrogen (secondary N) is 3. The monoisotopic (exact) mass is 345 g/mol. The molecule has 0 aromatic rings. The Morgan fingerprint density at radius 1 is 1.00 bits per heavy atom. The molecule has 0 aliphatic carbocycles. The predicted molar refractivity (Wildman–Crippen MR) is 86.3 cm³/mol. The van der Waals surface area contributed by atoms with Crippen molar-refractivity contribution in [2.75, 3.05) is 13.2 Å². The average Bonchev–Trinajstić information content (AvgIpc) is 2.50. The van der Waals surface area contributed by atoms with Crippen LogP contribution in [-0.4, -0.2) is 60.0 Å². The molecular weight excluding hydrogens is 318 g/mol. The van der Waals surface area contributed by atoms with Gasteiger partial charge in [-0.25, -0.2) is 0 Å². The van der Waals surface area contributed by atoms with Gasteiger partial charge >= 0.3 is 0 Å². The standard InChI is InChI=1S/C14H27N5O5/c1-8(12(16)22)17-13(23)10(5-3-4-6-15)19-14(24)11(7-20)18-9(2)21/h8,10-11,20H,3-7,15H2,1-2H3,(H2,16,22)(H,17,23)(H,18,21)(H,19,24)/t8-,10+,11-/m0/s1. The van der Waals surface area contributed by atoms with Gasteiger partial charge in [0.15, 0.2) is 0 Å². The number of aliphatic hydroxyl groups is 1. The van der Waals surface area contributed by atoms with Crippen LogP contribution in [0.25, 0.3) is 0 Å². The summed E-state index contributed by atoms with van der Waals surface area (Å²) in [4.78, 5) is 46.4. The molecule has 0 aromatic carbocycles. The third kappa shape index (κ3) is 8.44. The van der Waals surface area contributed by atoms with Gasteiger partial charge in [-0.05, 0) is 32.7 Å². The molecule has 0 rings (SSSR count). The second kappa shape index (κ2) is 11.4. The van der Waals surface area contributed by atoms with Crippen LogP contribution in [0.1, 0.15) is 33.1 Å². The van der Waals surface area contributed by atoms with Gasteiger partial charge in [0.2, 0.25) is 23.6 Å². The van der Waals surface area contributed by atoms with Crippen molar-refractivity contribution in [1.29, 1.82) is 0 Å². The van der Waals surface area contributed by atoms with Crippen molar-refractivity contribution in [3.63, 3.8) is 0 Å². The fourth-order valence-electron chi connectivity index (χ4n) is 1.86. The lowest BCUT2D eigenvalue weighted by atomic mass is 10.1. The van der Waals surface area contributed by atoms with Gasteiger partial charge in [-0.2, -0.15) is 0 Å². The van der Waals surface area contributed by atoms with Crippen molar-refractivity contribution in [2.24, 2.45) is 11.5 Å². The van der Waals surface area contributed by atoms with E-state index in [9.17, 15) is 24.3 Å². The van der Waals surface area contributed by atoms with Crippen LogP contribution in [-0.2, 0) is 19.2 Å². The van der Waals surface area contributed by atoms with Gasteiger partial charge in [0.1, 0.15) is 18.1 Å². The molecule has 0 saturated heterocycles. The first-order valence-corrected chi connectivity index (χ1v) is 7.71. The van der Waals surface area contributed by atoms with Crippen LogP contribution in [0, 0.1) is 0 Å². The number of primary amides is 1. The molecule has 24 heavy (non-hydrogen) atoms. The lowest BCUT2D eigenvalue weighted by Crippen LogP contribution is -2.56. The zero-order valence-corrected chi connectivity index (χ0v) is 14.0. The maximum absolute atomic E-state index is 12.2. The molecule has 0 fully saturated rings. The molecule has 0 radical (unpaired) electrons. The van der Waals surface area contributed by atoms with Gasteiger partial charge in [0, 0.05) is 6.92 Å². The van der Waals surface area contributed by atoms with Gasteiger partial charge < -0.3 is 32.5 Å². The summed E-state index contributed by atoms with van der Waals surface area (Å²) in [6, 6.07) is -3.00.